The van der Waals surface area contributed by atoms with Crippen molar-refractivity contribution in [2.75, 3.05) is 0 Å². The molecule has 0 bridgehead atoms. The molecular weight excluding hydrogens is 224 g/mol. The van der Waals surface area contributed by atoms with Crippen LogP contribution in [0.5, 0.6) is 0 Å². The van der Waals surface area contributed by atoms with Gasteiger partial charge in [-0.2, -0.15) is 5.26 Å². The van der Waals surface area contributed by atoms with Crippen molar-refractivity contribution in [1.82, 2.24) is 4.98 Å². The Bertz CT molecular complexity index is 486. The molecule has 2 aromatic rings. The average molecular weight is 227 g/mol. The van der Waals surface area contributed by atoms with Gasteiger partial charge in [0.05, 0.1) is 10.2 Å². The number of fused-ring (bicyclic) bond motifs is 1. The molecule has 0 saturated heterocycles. The summed E-state index contributed by atoms with van der Waals surface area (Å²) >= 11 is 1.38. The lowest BCUT2D eigenvalue weighted by Crippen LogP contribution is -1.69. The lowest BCUT2D eigenvalue weighted by Gasteiger charge is -1.91. The first kappa shape index (κ1) is 8.82. The largest absolute Gasteiger partial charge is 0.226 e. The number of thiazole rings is 1. The van der Waals surface area contributed by atoms with Crippen LogP contribution in [0.2, 0.25) is 0 Å². The van der Waals surface area contributed by atoms with Crippen molar-refractivity contribution in [2.24, 2.45) is 0 Å². The Morgan fingerprint density at radius 1 is 1.54 bits per heavy atom. The van der Waals surface area contributed by atoms with Crippen molar-refractivity contribution in [3.05, 3.63) is 23.2 Å². The number of nitriles is 1. The Balaban J connectivity index is 2.65. The summed E-state index contributed by atoms with van der Waals surface area (Å²) in [6.45, 7) is 0. The van der Waals surface area contributed by atoms with Crippen LogP contribution in [0.25, 0.3) is 10.2 Å². The highest BCUT2D eigenvalue weighted by Crippen LogP contribution is 2.28. The van der Waals surface area contributed by atoms with Crippen LogP contribution in [0, 0.1) is 11.3 Å². The third kappa shape index (κ3) is 1.63. The first-order valence-corrected chi connectivity index (χ1v) is 5.88. The fourth-order valence-electron chi connectivity index (χ4n) is 1.00. The predicted octanol–water partition coefficient (Wildman–Crippen LogP) is 3.41. The summed E-state index contributed by atoms with van der Waals surface area (Å²) in [6, 6.07) is 7.72. The Labute approximate surface area is 87.7 Å². The second-order valence-corrected chi connectivity index (χ2v) is 4.46. The van der Waals surface area contributed by atoms with Gasteiger partial charge in [0, 0.05) is 4.90 Å². The van der Waals surface area contributed by atoms with Gasteiger partial charge in [-0.25, -0.2) is 4.98 Å². The minimum absolute atomic E-state index is 0.492. The second kappa shape index (κ2) is 3.54. The van der Waals surface area contributed by atoms with Gasteiger partial charge >= 0.3 is 0 Å². The maximum atomic E-state index is 8.63. The number of hydrogen-bond donors (Lipinski definition) is 0. The van der Waals surface area contributed by atoms with Crippen LogP contribution in [0.1, 0.15) is 5.01 Å². The molecule has 0 aliphatic carbocycles. The first-order chi connectivity index (χ1) is 6.33. The Kier molecular flexibility index (Phi) is 2.40. The highest BCUT2D eigenvalue weighted by Gasteiger charge is 2.03. The molecule has 2 nitrogen and oxygen atoms in total. The molecule has 1 aromatic carbocycles. The highest BCUT2D eigenvalue weighted by molar-refractivity contribution is 8.21. The monoisotopic (exact) mass is 226 g/mol. The SMILES string of the molecule is N#Cc1nc2ccc(SCl)cc2s1. The zero-order valence-electron chi connectivity index (χ0n) is 6.32. The van der Waals surface area contributed by atoms with Crippen molar-refractivity contribution in [3.63, 3.8) is 0 Å². The van der Waals surface area contributed by atoms with Crippen molar-refractivity contribution >= 4 is 43.2 Å². The van der Waals surface area contributed by atoms with Gasteiger partial charge < -0.3 is 0 Å². The van der Waals surface area contributed by atoms with E-state index in [-0.39, 0.29) is 0 Å². The molecule has 0 aliphatic rings. The molecule has 0 unspecified atom stereocenters. The van der Waals surface area contributed by atoms with E-state index in [1.807, 2.05) is 24.3 Å². The smallest absolute Gasteiger partial charge is 0.195 e. The van der Waals surface area contributed by atoms with Crippen molar-refractivity contribution in [1.29, 1.82) is 5.26 Å². The maximum absolute atomic E-state index is 8.63. The topological polar surface area (TPSA) is 36.7 Å². The fraction of sp³-hybridized carbons (Fsp3) is 0. The van der Waals surface area contributed by atoms with Crippen LogP contribution in [-0.2, 0) is 0 Å². The van der Waals surface area contributed by atoms with Gasteiger partial charge in [0.15, 0.2) is 5.01 Å². The Morgan fingerprint density at radius 2 is 2.38 bits per heavy atom. The third-order valence-electron chi connectivity index (χ3n) is 1.54. The molecule has 13 heavy (non-hydrogen) atoms. The summed E-state index contributed by atoms with van der Waals surface area (Å²) in [5.41, 5.74) is 0.857. The summed E-state index contributed by atoms with van der Waals surface area (Å²) in [7, 11) is 6.77. The molecule has 1 heterocycles. The van der Waals surface area contributed by atoms with E-state index in [1.54, 1.807) is 0 Å². The number of hydrogen-bond acceptors (Lipinski definition) is 4. The molecule has 5 heteroatoms. The number of rotatable bonds is 1. The molecular formula is C8H3ClN2S2. The van der Waals surface area contributed by atoms with E-state index in [4.69, 9.17) is 15.9 Å². The quantitative estimate of drug-likeness (QED) is 0.748. The minimum Gasteiger partial charge on any atom is -0.226 e. The fourth-order valence-corrected chi connectivity index (χ4v) is 2.45. The van der Waals surface area contributed by atoms with Crippen LogP contribution >= 0.6 is 33.0 Å². The molecule has 0 fully saturated rings. The molecule has 0 N–H and O–H groups in total. The number of benzene rings is 1. The van der Waals surface area contributed by atoms with Crippen LogP contribution in [0.15, 0.2) is 23.1 Å². The van der Waals surface area contributed by atoms with Crippen LogP contribution in [0.3, 0.4) is 0 Å². The van der Waals surface area contributed by atoms with Crippen LogP contribution in [0.4, 0.5) is 0 Å². The van der Waals surface area contributed by atoms with Gasteiger partial charge in [0.25, 0.3) is 0 Å². The van der Waals surface area contributed by atoms with Crippen molar-refractivity contribution in [2.45, 2.75) is 4.90 Å². The second-order valence-electron chi connectivity index (χ2n) is 2.34. The maximum Gasteiger partial charge on any atom is 0.195 e. The van der Waals surface area contributed by atoms with E-state index in [0.717, 1.165) is 15.1 Å². The summed E-state index contributed by atoms with van der Waals surface area (Å²) in [4.78, 5) is 5.09. The summed E-state index contributed by atoms with van der Waals surface area (Å²) in [5, 5.41) is 9.12. The number of nitrogens with zero attached hydrogens (tertiary/aromatic N) is 2. The Morgan fingerprint density at radius 3 is 3.08 bits per heavy atom. The summed E-state index contributed by atoms with van der Waals surface area (Å²) < 4.78 is 1.00. The molecule has 0 amide bonds. The normalized spacial score (nSPS) is 10.2. The van der Waals surface area contributed by atoms with Gasteiger partial charge in [0.1, 0.15) is 6.07 Å². The third-order valence-corrected chi connectivity index (χ3v) is 3.43. The van der Waals surface area contributed by atoms with E-state index in [2.05, 4.69) is 4.98 Å². The molecule has 1 aromatic heterocycles. The molecule has 64 valence electrons. The lowest BCUT2D eigenvalue weighted by atomic mass is 10.3. The highest BCUT2D eigenvalue weighted by atomic mass is 35.7. The summed E-state index contributed by atoms with van der Waals surface area (Å²) in [5.74, 6) is 0. The van der Waals surface area contributed by atoms with Crippen LogP contribution in [-0.4, -0.2) is 4.98 Å². The molecule has 0 atom stereocenters. The predicted molar refractivity (Wildman–Crippen MR) is 56.0 cm³/mol. The van der Waals surface area contributed by atoms with Crippen molar-refractivity contribution in [3.8, 4) is 6.07 Å². The van der Waals surface area contributed by atoms with E-state index in [0.29, 0.717) is 5.01 Å². The molecule has 0 aliphatic heterocycles. The van der Waals surface area contributed by atoms with E-state index in [9.17, 15) is 0 Å². The Hall–Kier alpha value is -0.760. The molecule has 0 saturated carbocycles. The van der Waals surface area contributed by atoms with Gasteiger partial charge in [-0.1, -0.05) is 0 Å². The van der Waals surface area contributed by atoms with Gasteiger partial charge in [-0.15, -0.1) is 11.3 Å². The van der Waals surface area contributed by atoms with Gasteiger partial charge in [-0.3, -0.25) is 0 Å². The van der Waals surface area contributed by atoms with Crippen LogP contribution < -0.4 is 0 Å². The van der Waals surface area contributed by atoms with E-state index < -0.39 is 0 Å². The zero-order chi connectivity index (χ0) is 9.26. The van der Waals surface area contributed by atoms with Gasteiger partial charge in [-0.05, 0) is 39.9 Å². The minimum atomic E-state index is 0.492. The lowest BCUT2D eigenvalue weighted by molar-refractivity contribution is 1.39. The van der Waals surface area contributed by atoms with Gasteiger partial charge in [0.2, 0.25) is 0 Å². The zero-order valence-corrected chi connectivity index (χ0v) is 8.71. The van der Waals surface area contributed by atoms with E-state index in [1.165, 1.54) is 22.3 Å². The number of halogens is 1. The summed E-state index contributed by atoms with van der Waals surface area (Å²) in [6.07, 6.45) is 0. The molecule has 2 rings (SSSR count). The molecule has 0 spiro atoms. The molecule has 0 radical (unpaired) electrons. The number of aromatic nitrogens is 1. The first-order valence-electron chi connectivity index (χ1n) is 3.43. The standard InChI is InChI=1S/C8H3ClN2S2/c9-13-5-1-2-6-7(3-5)12-8(4-10)11-6/h1-3H. The van der Waals surface area contributed by atoms with E-state index >= 15 is 0 Å². The van der Waals surface area contributed by atoms with Crippen molar-refractivity contribution < 1.29 is 0 Å². The average Bonchev–Trinajstić information content (AvgIpc) is 2.58.